The highest BCUT2D eigenvalue weighted by Gasteiger charge is 2.19. The van der Waals surface area contributed by atoms with Crippen LogP contribution in [0.5, 0.6) is 0 Å². The molecule has 5 nitrogen and oxygen atoms in total. The topological polar surface area (TPSA) is 91.7 Å². The van der Waals surface area contributed by atoms with Gasteiger partial charge in [0.2, 0.25) is 0 Å². The van der Waals surface area contributed by atoms with Gasteiger partial charge in [-0.25, -0.2) is 13.2 Å². The van der Waals surface area contributed by atoms with E-state index in [1.165, 1.54) is 0 Å². The summed E-state index contributed by atoms with van der Waals surface area (Å²) in [6.07, 6.45) is 0.920. The highest BCUT2D eigenvalue weighted by Crippen LogP contribution is 2.26. The zero-order valence-electron chi connectivity index (χ0n) is 8.27. The molecule has 7 heteroatoms. The van der Waals surface area contributed by atoms with Crippen LogP contribution in [0.2, 0.25) is 5.02 Å². The number of rotatable bonds is 3. The van der Waals surface area contributed by atoms with Crippen LogP contribution in [0.3, 0.4) is 0 Å². The Morgan fingerprint density at radius 3 is 2.38 bits per heavy atom. The number of aliphatic hydroxyl groups is 1. The summed E-state index contributed by atoms with van der Waals surface area (Å²) in [6.45, 7) is -0.568. The van der Waals surface area contributed by atoms with Crippen LogP contribution in [0.15, 0.2) is 17.0 Å². The molecule has 1 aromatic rings. The van der Waals surface area contributed by atoms with Crippen LogP contribution < -0.4 is 0 Å². The maximum Gasteiger partial charge on any atom is 0.335 e. The molecule has 0 bridgehead atoms. The quantitative estimate of drug-likeness (QED) is 0.847. The van der Waals surface area contributed by atoms with E-state index in [9.17, 15) is 13.2 Å². The van der Waals surface area contributed by atoms with E-state index in [-0.39, 0.29) is 21.0 Å². The third kappa shape index (κ3) is 2.52. The summed E-state index contributed by atoms with van der Waals surface area (Å²) < 4.78 is 22.8. The Kier molecular flexibility index (Phi) is 3.57. The number of hydrogen-bond donors (Lipinski definition) is 2. The number of carboxylic acids is 1. The normalized spacial score (nSPS) is 11.4. The molecule has 0 aromatic heterocycles. The zero-order chi connectivity index (χ0) is 12.5. The first kappa shape index (κ1) is 13.0. The summed E-state index contributed by atoms with van der Waals surface area (Å²) in [7, 11) is -3.63. The van der Waals surface area contributed by atoms with Crippen molar-refractivity contribution in [2.45, 2.75) is 11.5 Å². The molecule has 88 valence electrons. The van der Waals surface area contributed by atoms with Gasteiger partial charge in [-0.05, 0) is 12.1 Å². The lowest BCUT2D eigenvalue weighted by atomic mass is 10.1. The first-order chi connectivity index (χ1) is 7.27. The van der Waals surface area contributed by atoms with E-state index in [0.717, 1.165) is 18.4 Å². The maximum atomic E-state index is 11.4. The molecule has 0 amide bonds. The summed E-state index contributed by atoms with van der Waals surface area (Å²) in [4.78, 5) is 10.5. The molecular formula is C9H9ClO5S. The van der Waals surface area contributed by atoms with Crippen molar-refractivity contribution in [2.75, 3.05) is 6.26 Å². The summed E-state index contributed by atoms with van der Waals surface area (Å²) in [5.41, 5.74) is -0.225. The molecule has 0 atom stereocenters. The largest absolute Gasteiger partial charge is 0.478 e. The Morgan fingerprint density at radius 1 is 1.44 bits per heavy atom. The standard InChI is InChI=1S/C9H9ClO5S/c1-16(14,15)8-3-5(9(12)13)2-7(10)6(8)4-11/h2-3,11H,4H2,1H3,(H,12,13). The molecule has 1 rings (SSSR count). The number of hydrogen-bond acceptors (Lipinski definition) is 4. The van der Waals surface area contributed by atoms with Gasteiger partial charge in [-0.15, -0.1) is 0 Å². The summed E-state index contributed by atoms with van der Waals surface area (Å²) >= 11 is 5.70. The van der Waals surface area contributed by atoms with Gasteiger partial charge in [0.15, 0.2) is 9.84 Å². The lowest BCUT2D eigenvalue weighted by Gasteiger charge is -2.08. The second-order valence-electron chi connectivity index (χ2n) is 3.17. The first-order valence-corrected chi connectivity index (χ1v) is 6.41. The average molecular weight is 265 g/mol. The van der Waals surface area contributed by atoms with Crippen LogP contribution in [0, 0.1) is 0 Å². The van der Waals surface area contributed by atoms with E-state index < -0.39 is 22.4 Å². The predicted molar refractivity (Wildman–Crippen MR) is 57.4 cm³/mol. The molecule has 0 unspecified atom stereocenters. The molecule has 0 saturated carbocycles. The van der Waals surface area contributed by atoms with Gasteiger partial charge in [-0.1, -0.05) is 11.6 Å². The molecular weight excluding hydrogens is 256 g/mol. The fraction of sp³-hybridized carbons (Fsp3) is 0.222. The number of carbonyl (C=O) groups is 1. The molecule has 0 fully saturated rings. The summed E-state index contributed by atoms with van der Waals surface area (Å²) in [5, 5.41) is 17.7. The Hall–Kier alpha value is -1.11. The smallest absolute Gasteiger partial charge is 0.335 e. The molecule has 0 heterocycles. The number of benzene rings is 1. The number of aliphatic hydroxyl groups excluding tert-OH is 1. The van der Waals surface area contributed by atoms with Crippen molar-refractivity contribution < 1.29 is 23.4 Å². The molecule has 0 spiro atoms. The summed E-state index contributed by atoms with van der Waals surface area (Å²) in [6, 6.07) is 2.08. The van der Waals surface area contributed by atoms with Crippen molar-refractivity contribution in [3.05, 3.63) is 28.3 Å². The SMILES string of the molecule is CS(=O)(=O)c1cc(C(=O)O)cc(Cl)c1CO. The van der Waals surface area contributed by atoms with Gasteiger partial charge in [0.1, 0.15) is 0 Å². The molecule has 1 aromatic carbocycles. The van der Waals surface area contributed by atoms with Crippen LogP contribution in [0.4, 0.5) is 0 Å². The lowest BCUT2D eigenvalue weighted by Crippen LogP contribution is -2.07. The monoisotopic (exact) mass is 264 g/mol. The van der Waals surface area contributed by atoms with Crippen molar-refractivity contribution in [2.24, 2.45) is 0 Å². The first-order valence-electron chi connectivity index (χ1n) is 4.14. The van der Waals surface area contributed by atoms with E-state index in [0.29, 0.717) is 0 Å². The van der Waals surface area contributed by atoms with Gasteiger partial charge in [0, 0.05) is 16.8 Å². The molecule has 0 aliphatic rings. The Morgan fingerprint density at radius 2 is 2.00 bits per heavy atom. The van der Waals surface area contributed by atoms with Crippen LogP contribution in [0.1, 0.15) is 15.9 Å². The fourth-order valence-electron chi connectivity index (χ4n) is 1.22. The maximum absolute atomic E-state index is 11.4. The lowest BCUT2D eigenvalue weighted by molar-refractivity contribution is 0.0696. The van der Waals surface area contributed by atoms with Gasteiger partial charge in [-0.3, -0.25) is 0 Å². The van der Waals surface area contributed by atoms with Crippen LogP contribution >= 0.6 is 11.6 Å². The van der Waals surface area contributed by atoms with Crippen molar-refractivity contribution in [1.29, 1.82) is 0 Å². The van der Waals surface area contributed by atoms with E-state index in [4.69, 9.17) is 21.8 Å². The minimum Gasteiger partial charge on any atom is -0.478 e. The summed E-state index contributed by atoms with van der Waals surface area (Å²) in [5.74, 6) is -1.28. The Balaban J connectivity index is 3.62. The van der Waals surface area contributed by atoms with Crippen LogP contribution in [0.25, 0.3) is 0 Å². The van der Waals surface area contributed by atoms with Crippen molar-refractivity contribution in [1.82, 2.24) is 0 Å². The van der Waals surface area contributed by atoms with E-state index in [2.05, 4.69) is 0 Å². The number of halogens is 1. The molecule has 0 saturated heterocycles. The van der Waals surface area contributed by atoms with Gasteiger partial charge >= 0.3 is 5.97 Å². The molecule has 2 N–H and O–H groups in total. The van der Waals surface area contributed by atoms with Gasteiger partial charge in [0.25, 0.3) is 0 Å². The second kappa shape index (κ2) is 4.40. The molecule has 0 radical (unpaired) electrons. The van der Waals surface area contributed by atoms with Gasteiger partial charge in [0.05, 0.1) is 17.1 Å². The molecule has 0 aliphatic heterocycles. The van der Waals surface area contributed by atoms with Crippen molar-refractivity contribution in [3.8, 4) is 0 Å². The highest BCUT2D eigenvalue weighted by atomic mass is 35.5. The van der Waals surface area contributed by atoms with Crippen LogP contribution in [-0.2, 0) is 16.4 Å². The predicted octanol–water partition coefficient (Wildman–Crippen LogP) is 0.934. The van der Waals surface area contributed by atoms with Crippen molar-refractivity contribution in [3.63, 3.8) is 0 Å². The molecule has 16 heavy (non-hydrogen) atoms. The van der Waals surface area contributed by atoms with Crippen molar-refractivity contribution >= 4 is 27.4 Å². The highest BCUT2D eigenvalue weighted by molar-refractivity contribution is 7.90. The number of sulfone groups is 1. The van der Waals surface area contributed by atoms with Gasteiger partial charge in [-0.2, -0.15) is 0 Å². The van der Waals surface area contributed by atoms with E-state index >= 15 is 0 Å². The third-order valence-electron chi connectivity index (χ3n) is 1.96. The zero-order valence-corrected chi connectivity index (χ0v) is 9.84. The minimum absolute atomic E-state index is 0.00849. The Labute approximate surface area is 97.2 Å². The van der Waals surface area contributed by atoms with Gasteiger partial charge < -0.3 is 10.2 Å². The van der Waals surface area contributed by atoms with Crippen LogP contribution in [-0.4, -0.2) is 30.9 Å². The Bertz CT molecular complexity index is 535. The van der Waals surface area contributed by atoms with E-state index in [1.54, 1.807) is 0 Å². The fourth-order valence-corrected chi connectivity index (χ4v) is 2.52. The molecule has 0 aliphatic carbocycles. The third-order valence-corrected chi connectivity index (χ3v) is 3.46. The van der Waals surface area contributed by atoms with E-state index in [1.807, 2.05) is 0 Å². The number of aromatic carboxylic acids is 1. The minimum atomic E-state index is -3.63. The second-order valence-corrected chi connectivity index (χ2v) is 5.56. The average Bonchev–Trinajstić information content (AvgIpc) is 2.14. The number of carboxylic acid groups (broad SMARTS) is 1.